The fraction of sp³-hybridized carbons (Fsp3) is 0.267. The molecule has 2 amide bonds. The first-order valence-electron chi connectivity index (χ1n) is 7.14. The fourth-order valence-corrected chi connectivity index (χ4v) is 2.95. The summed E-state index contributed by atoms with van der Waals surface area (Å²) in [4.78, 5) is 23.5. The number of nitrogens with one attached hydrogen (secondary N) is 3. The molecular weight excluding hydrogens is 419 g/mol. The maximum Gasteiger partial charge on any atom is 0.325 e. The third-order valence-corrected chi connectivity index (χ3v) is 4.13. The lowest BCUT2D eigenvalue weighted by Crippen LogP contribution is -2.21. The summed E-state index contributed by atoms with van der Waals surface area (Å²) in [5, 5.41) is 11.4. The zero-order chi connectivity index (χ0) is 18.6. The summed E-state index contributed by atoms with van der Waals surface area (Å²) >= 11 is 9.04. The van der Waals surface area contributed by atoms with Crippen molar-refractivity contribution in [1.82, 2.24) is 10.2 Å². The molecule has 0 unspecified atom stereocenters. The zero-order valence-corrected chi connectivity index (χ0v) is 15.7. The molecular formula is C15H15BrClFN4O3. The number of methoxy groups -OCH3 is 1. The first kappa shape index (κ1) is 19.2. The summed E-state index contributed by atoms with van der Waals surface area (Å²) in [5.41, 5.74) is 0.463. The molecule has 0 saturated carbocycles. The number of rotatable bonds is 5. The molecule has 2 rings (SSSR count). The molecule has 0 fully saturated rings. The topological polar surface area (TPSA) is 96.1 Å². The highest BCUT2D eigenvalue weighted by Crippen LogP contribution is 2.30. The Labute approximate surface area is 156 Å². The summed E-state index contributed by atoms with van der Waals surface area (Å²) < 4.78 is 19.0. The largest absolute Gasteiger partial charge is 0.469 e. The van der Waals surface area contributed by atoms with Gasteiger partial charge in [0.1, 0.15) is 5.82 Å². The number of aromatic nitrogens is 2. The number of aromatic amines is 1. The van der Waals surface area contributed by atoms with Gasteiger partial charge in [0.15, 0.2) is 5.82 Å². The molecule has 2 aromatic rings. The number of hydrogen-bond donors (Lipinski definition) is 3. The van der Waals surface area contributed by atoms with E-state index in [1.807, 2.05) is 0 Å². The number of carbonyl (C=O) groups is 2. The maximum absolute atomic E-state index is 13.9. The number of ether oxygens (including phenoxy) is 1. The van der Waals surface area contributed by atoms with Gasteiger partial charge in [0.05, 0.1) is 24.2 Å². The number of hydrogen-bond acceptors (Lipinski definition) is 4. The molecule has 0 aliphatic heterocycles. The van der Waals surface area contributed by atoms with Gasteiger partial charge in [-0.15, -0.1) is 0 Å². The van der Waals surface area contributed by atoms with Gasteiger partial charge in [0.2, 0.25) is 0 Å². The second-order valence-electron chi connectivity index (χ2n) is 5.19. The van der Waals surface area contributed by atoms with Crippen LogP contribution in [0, 0.1) is 5.82 Å². The first-order valence-corrected chi connectivity index (χ1v) is 8.32. The Hall–Kier alpha value is -2.13. The van der Waals surface area contributed by atoms with Crippen LogP contribution in [0.5, 0.6) is 0 Å². The molecule has 1 heterocycles. The normalized spacial score (nSPS) is 11.7. The molecule has 0 saturated heterocycles. The van der Waals surface area contributed by atoms with Gasteiger partial charge in [0.25, 0.3) is 0 Å². The number of anilines is 2. The number of esters is 1. The molecule has 0 bridgehead atoms. The van der Waals surface area contributed by atoms with Gasteiger partial charge in [-0.25, -0.2) is 9.18 Å². The molecule has 25 heavy (non-hydrogen) atoms. The van der Waals surface area contributed by atoms with Crippen LogP contribution >= 0.6 is 27.5 Å². The quantitative estimate of drug-likeness (QED) is 0.613. The average molecular weight is 434 g/mol. The monoisotopic (exact) mass is 432 g/mol. The van der Waals surface area contributed by atoms with Crippen LogP contribution in [0.25, 0.3) is 0 Å². The molecule has 3 N–H and O–H groups in total. The minimum atomic E-state index is -0.721. The van der Waals surface area contributed by atoms with E-state index in [0.717, 1.165) is 0 Å². The van der Waals surface area contributed by atoms with E-state index < -0.39 is 11.8 Å². The van der Waals surface area contributed by atoms with E-state index in [-0.39, 0.29) is 34.8 Å². The maximum atomic E-state index is 13.9. The number of urea groups is 1. The third kappa shape index (κ3) is 4.93. The molecule has 1 atom stereocenters. The van der Waals surface area contributed by atoms with E-state index in [0.29, 0.717) is 10.0 Å². The van der Waals surface area contributed by atoms with Gasteiger partial charge in [-0.1, -0.05) is 34.5 Å². The molecule has 0 spiro atoms. The van der Waals surface area contributed by atoms with Gasteiger partial charge < -0.3 is 10.1 Å². The van der Waals surface area contributed by atoms with Crippen molar-refractivity contribution in [3.8, 4) is 0 Å². The highest BCUT2D eigenvalue weighted by molar-refractivity contribution is 9.10. The third-order valence-electron chi connectivity index (χ3n) is 3.38. The van der Waals surface area contributed by atoms with Crippen LogP contribution in [0.4, 0.5) is 20.7 Å². The molecule has 7 nitrogen and oxygen atoms in total. The van der Waals surface area contributed by atoms with Gasteiger partial charge in [-0.3, -0.25) is 15.2 Å². The lowest BCUT2D eigenvalue weighted by molar-refractivity contribution is -0.140. The lowest BCUT2D eigenvalue weighted by atomic mass is 10.0. The van der Waals surface area contributed by atoms with Crippen LogP contribution in [0.1, 0.15) is 24.8 Å². The average Bonchev–Trinajstić information content (AvgIpc) is 2.98. The van der Waals surface area contributed by atoms with Crippen LogP contribution in [-0.4, -0.2) is 29.3 Å². The summed E-state index contributed by atoms with van der Waals surface area (Å²) in [6.07, 6.45) is 1.69. The Morgan fingerprint density at radius 3 is 2.80 bits per heavy atom. The van der Waals surface area contributed by atoms with Crippen molar-refractivity contribution in [3.05, 3.63) is 39.2 Å². The van der Waals surface area contributed by atoms with Crippen molar-refractivity contribution < 1.29 is 18.7 Å². The smallest absolute Gasteiger partial charge is 0.325 e. The Balaban J connectivity index is 2.10. The fourth-order valence-electron chi connectivity index (χ4n) is 2.13. The van der Waals surface area contributed by atoms with Gasteiger partial charge in [-0.2, -0.15) is 5.10 Å². The Kier molecular flexibility index (Phi) is 6.38. The SMILES string of the molecule is COC(=O)C[C@H](C)c1c[nH]nc1NC(=O)Nc1c(F)cc(Br)cc1Cl. The van der Waals surface area contributed by atoms with Gasteiger partial charge in [0, 0.05) is 16.2 Å². The molecule has 0 radical (unpaired) electrons. The van der Waals surface area contributed by atoms with Crippen molar-refractivity contribution in [2.45, 2.75) is 19.3 Å². The minimum Gasteiger partial charge on any atom is -0.469 e. The molecule has 0 aliphatic rings. The van der Waals surface area contributed by atoms with Crippen molar-refractivity contribution >= 4 is 51.0 Å². The minimum absolute atomic E-state index is 0.0448. The van der Waals surface area contributed by atoms with Crippen molar-refractivity contribution in [2.75, 3.05) is 17.7 Å². The number of nitrogens with zero attached hydrogens (tertiary/aromatic N) is 1. The van der Waals surface area contributed by atoms with E-state index >= 15 is 0 Å². The number of carbonyl (C=O) groups excluding carboxylic acids is 2. The Bertz CT molecular complexity index is 776. The molecule has 0 aliphatic carbocycles. The van der Waals surface area contributed by atoms with E-state index in [4.69, 9.17) is 11.6 Å². The summed E-state index contributed by atoms with van der Waals surface area (Å²) in [7, 11) is 1.30. The predicted octanol–water partition coefficient (Wildman–Crippen LogP) is 4.28. The van der Waals surface area contributed by atoms with E-state index in [2.05, 4.69) is 41.5 Å². The molecule has 1 aromatic heterocycles. The zero-order valence-electron chi connectivity index (χ0n) is 13.3. The van der Waals surface area contributed by atoms with Crippen molar-refractivity contribution in [2.24, 2.45) is 0 Å². The summed E-state index contributed by atoms with van der Waals surface area (Å²) in [5.74, 6) is -1.08. The number of halogens is 3. The molecule has 1 aromatic carbocycles. The van der Waals surface area contributed by atoms with E-state index in [9.17, 15) is 14.0 Å². The van der Waals surface area contributed by atoms with Crippen LogP contribution in [0.3, 0.4) is 0 Å². The number of H-pyrrole nitrogens is 1. The summed E-state index contributed by atoms with van der Waals surface area (Å²) in [6.45, 7) is 1.79. The van der Waals surface area contributed by atoms with Crippen LogP contribution in [0.15, 0.2) is 22.8 Å². The van der Waals surface area contributed by atoms with Crippen LogP contribution in [0.2, 0.25) is 5.02 Å². The Morgan fingerprint density at radius 1 is 1.44 bits per heavy atom. The molecule has 134 valence electrons. The van der Waals surface area contributed by atoms with Crippen molar-refractivity contribution in [3.63, 3.8) is 0 Å². The highest BCUT2D eigenvalue weighted by Gasteiger charge is 2.19. The number of benzene rings is 1. The predicted molar refractivity (Wildman–Crippen MR) is 95.4 cm³/mol. The Morgan fingerprint density at radius 2 is 2.16 bits per heavy atom. The van der Waals surface area contributed by atoms with Crippen molar-refractivity contribution in [1.29, 1.82) is 0 Å². The van der Waals surface area contributed by atoms with Crippen LogP contribution in [-0.2, 0) is 9.53 Å². The summed E-state index contributed by atoms with van der Waals surface area (Å²) in [6, 6.07) is 1.92. The van der Waals surface area contributed by atoms with Gasteiger partial charge in [-0.05, 0) is 18.1 Å². The van der Waals surface area contributed by atoms with Gasteiger partial charge >= 0.3 is 12.0 Å². The standard InChI is InChI=1S/C15H15BrClFN4O3/c1-7(3-12(23)25-2)9-6-19-22-14(9)21-15(24)20-13-10(17)4-8(16)5-11(13)18/h4-7H,3H2,1-2H3,(H3,19,20,21,22,24)/t7-/m0/s1. The second kappa shape index (κ2) is 8.30. The number of amides is 2. The lowest BCUT2D eigenvalue weighted by Gasteiger charge is -2.12. The van der Waals surface area contributed by atoms with E-state index in [1.54, 1.807) is 13.1 Å². The first-order chi connectivity index (χ1) is 11.8. The van der Waals surface area contributed by atoms with E-state index in [1.165, 1.54) is 19.2 Å². The van der Waals surface area contributed by atoms with Crippen LogP contribution < -0.4 is 10.6 Å². The molecule has 10 heteroatoms. The second-order valence-corrected chi connectivity index (χ2v) is 6.52. The highest BCUT2D eigenvalue weighted by atomic mass is 79.9.